The molecule has 1 aliphatic rings. The van der Waals surface area contributed by atoms with Crippen molar-refractivity contribution in [1.29, 1.82) is 0 Å². The molecule has 0 aromatic heterocycles. The molecule has 0 aromatic carbocycles. The summed E-state index contributed by atoms with van der Waals surface area (Å²) in [6.07, 6.45) is 5.30. The number of carbonyl (C=O) groups excluding carboxylic acids is 1. The second kappa shape index (κ2) is 2.97. The van der Waals surface area contributed by atoms with E-state index in [2.05, 4.69) is 0 Å². The topological polar surface area (TPSA) is 26.3 Å². The molecule has 0 N–H and O–H groups in total. The number of hydrogen-bond acceptors (Lipinski definition) is 2. The van der Waals surface area contributed by atoms with Crippen molar-refractivity contribution in [2.24, 2.45) is 0 Å². The summed E-state index contributed by atoms with van der Waals surface area (Å²) < 4.78 is 5.21. The van der Waals surface area contributed by atoms with Gasteiger partial charge in [-0.1, -0.05) is 0 Å². The standard InChI is InChI=1S/C7H11O2/c1-6(5-8)9-7-3-2-4-7/h6-7H,2-4H2,1H3. The smallest absolute Gasteiger partial charge is 0.229 e. The minimum absolute atomic E-state index is 0.324. The van der Waals surface area contributed by atoms with E-state index in [-0.39, 0.29) is 6.10 Å². The van der Waals surface area contributed by atoms with Crippen molar-refractivity contribution in [3.8, 4) is 0 Å². The third-order valence-corrected chi connectivity index (χ3v) is 1.61. The molecule has 0 bridgehead atoms. The van der Waals surface area contributed by atoms with Gasteiger partial charge in [-0.25, -0.2) is 0 Å². The fourth-order valence-electron chi connectivity index (χ4n) is 0.823. The molecule has 0 aromatic rings. The Morgan fingerprint density at radius 2 is 2.33 bits per heavy atom. The van der Waals surface area contributed by atoms with E-state index in [1.165, 1.54) is 6.42 Å². The highest BCUT2D eigenvalue weighted by Gasteiger charge is 2.20. The molecular formula is C7H11O2. The molecule has 0 heterocycles. The molecule has 0 aliphatic heterocycles. The SMILES string of the molecule is CC([C]=O)OC1CCC1. The predicted molar refractivity (Wildman–Crippen MR) is 33.9 cm³/mol. The summed E-state index contributed by atoms with van der Waals surface area (Å²) >= 11 is 0. The van der Waals surface area contributed by atoms with Crippen molar-refractivity contribution in [2.45, 2.75) is 38.4 Å². The van der Waals surface area contributed by atoms with Crippen molar-refractivity contribution >= 4 is 6.29 Å². The Balaban J connectivity index is 2.08. The highest BCUT2D eigenvalue weighted by Crippen LogP contribution is 2.22. The van der Waals surface area contributed by atoms with E-state index in [4.69, 9.17) is 4.74 Å². The molecule has 9 heavy (non-hydrogen) atoms. The number of ether oxygens (including phenoxy) is 1. The van der Waals surface area contributed by atoms with Crippen molar-refractivity contribution < 1.29 is 9.53 Å². The van der Waals surface area contributed by atoms with Gasteiger partial charge in [0.2, 0.25) is 6.29 Å². The Morgan fingerprint density at radius 1 is 1.67 bits per heavy atom. The Bertz CT molecular complexity index is 97.1. The summed E-state index contributed by atoms with van der Waals surface area (Å²) in [5.74, 6) is 0. The van der Waals surface area contributed by atoms with Crippen LogP contribution in [0.5, 0.6) is 0 Å². The minimum Gasteiger partial charge on any atom is -0.367 e. The molecule has 0 spiro atoms. The van der Waals surface area contributed by atoms with Crippen LogP contribution in [-0.2, 0) is 9.53 Å². The predicted octanol–water partition coefficient (Wildman–Crippen LogP) is 1.05. The van der Waals surface area contributed by atoms with Gasteiger partial charge in [0.15, 0.2) is 0 Å². The average Bonchev–Trinajstić information content (AvgIpc) is 1.78. The normalized spacial score (nSPS) is 22.8. The van der Waals surface area contributed by atoms with Crippen LogP contribution in [0.25, 0.3) is 0 Å². The van der Waals surface area contributed by atoms with Gasteiger partial charge < -0.3 is 4.74 Å². The maximum atomic E-state index is 9.93. The molecule has 1 atom stereocenters. The van der Waals surface area contributed by atoms with E-state index >= 15 is 0 Å². The average molecular weight is 127 g/mol. The Kier molecular flexibility index (Phi) is 2.22. The maximum Gasteiger partial charge on any atom is 0.229 e. The molecule has 0 amide bonds. The third-order valence-electron chi connectivity index (χ3n) is 1.61. The van der Waals surface area contributed by atoms with Gasteiger partial charge in [-0.2, -0.15) is 0 Å². The fourth-order valence-corrected chi connectivity index (χ4v) is 0.823. The molecule has 1 unspecified atom stereocenters. The first-order chi connectivity index (χ1) is 4.33. The van der Waals surface area contributed by atoms with Crippen LogP contribution in [0, 0.1) is 0 Å². The van der Waals surface area contributed by atoms with Gasteiger partial charge in [-0.15, -0.1) is 0 Å². The van der Waals surface area contributed by atoms with Gasteiger partial charge in [0, 0.05) is 0 Å². The Hall–Kier alpha value is -0.370. The van der Waals surface area contributed by atoms with Crippen LogP contribution >= 0.6 is 0 Å². The molecule has 1 saturated carbocycles. The first kappa shape index (κ1) is 6.75. The van der Waals surface area contributed by atoms with Crippen molar-refractivity contribution in [3.05, 3.63) is 0 Å². The Morgan fingerprint density at radius 3 is 2.67 bits per heavy atom. The molecule has 1 rings (SSSR count). The number of rotatable bonds is 3. The first-order valence-electron chi connectivity index (χ1n) is 3.36. The van der Waals surface area contributed by atoms with E-state index in [1.807, 2.05) is 0 Å². The fraction of sp³-hybridized carbons (Fsp3) is 0.857. The summed E-state index contributed by atoms with van der Waals surface area (Å²) in [6, 6.07) is 0. The Labute approximate surface area is 55.2 Å². The third kappa shape index (κ3) is 1.79. The van der Waals surface area contributed by atoms with Gasteiger partial charge in [-0.05, 0) is 26.2 Å². The summed E-state index contributed by atoms with van der Waals surface area (Å²) in [7, 11) is 0. The first-order valence-corrected chi connectivity index (χ1v) is 3.36. The molecule has 2 nitrogen and oxygen atoms in total. The lowest BCUT2D eigenvalue weighted by Crippen LogP contribution is -2.26. The molecule has 1 aliphatic carbocycles. The molecular weight excluding hydrogens is 116 g/mol. The number of hydrogen-bond donors (Lipinski definition) is 0. The van der Waals surface area contributed by atoms with Crippen LogP contribution < -0.4 is 0 Å². The highest BCUT2D eigenvalue weighted by molar-refractivity contribution is 5.56. The zero-order valence-electron chi connectivity index (χ0n) is 5.59. The zero-order valence-corrected chi connectivity index (χ0v) is 5.59. The van der Waals surface area contributed by atoms with E-state index < -0.39 is 0 Å². The lowest BCUT2D eigenvalue weighted by molar-refractivity contribution is -0.0155. The van der Waals surface area contributed by atoms with Gasteiger partial charge in [-0.3, -0.25) is 4.79 Å². The summed E-state index contributed by atoms with van der Waals surface area (Å²) in [5.41, 5.74) is 0. The summed E-state index contributed by atoms with van der Waals surface area (Å²) in [5, 5.41) is 0. The van der Waals surface area contributed by atoms with E-state index in [9.17, 15) is 4.79 Å². The van der Waals surface area contributed by atoms with E-state index in [1.54, 1.807) is 13.2 Å². The van der Waals surface area contributed by atoms with Gasteiger partial charge in [0.25, 0.3) is 0 Å². The lowest BCUT2D eigenvalue weighted by Gasteiger charge is -2.26. The van der Waals surface area contributed by atoms with Crippen molar-refractivity contribution in [1.82, 2.24) is 0 Å². The summed E-state index contributed by atoms with van der Waals surface area (Å²) in [4.78, 5) is 9.93. The van der Waals surface area contributed by atoms with Gasteiger partial charge in [0.05, 0.1) is 6.10 Å². The molecule has 1 fully saturated rings. The second-order valence-electron chi connectivity index (χ2n) is 2.45. The molecule has 51 valence electrons. The maximum absolute atomic E-state index is 9.93. The van der Waals surface area contributed by atoms with E-state index in [0.717, 1.165) is 12.8 Å². The monoisotopic (exact) mass is 127 g/mol. The van der Waals surface area contributed by atoms with Crippen LogP contribution in [-0.4, -0.2) is 18.5 Å². The van der Waals surface area contributed by atoms with Crippen LogP contribution in [0.4, 0.5) is 0 Å². The molecule has 2 heteroatoms. The quantitative estimate of drug-likeness (QED) is 0.566. The van der Waals surface area contributed by atoms with Crippen LogP contribution in [0.3, 0.4) is 0 Å². The lowest BCUT2D eigenvalue weighted by atomic mass is 9.96. The largest absolute Gasteiger partial charge is 0.367 e. The highest BCUT2D eigenvalue weighted by atomic mass is 16.5. The van der Waals surface area contributed by atoms with Crippen molar-refractivity contribution in [2.75, 3.05) is 0 Å². The van der Waals surface area contributed by atoms with Crippen LogP contribution in [0.1, 0.15) is 26.2 Å². The summed E-state index contributed by atoms with van der Waals surface area (Å²) in [6.45, 7) is 1.73. The molecule has 1 radical (unpaired) electrons. The van der Waals surface area contributed by atoms with Crippen LogP contribution in [0.2, 0.25) is 0 Å². The second-order valence-corrected chi connectivity index (χ2v) is 2.45. The zero-order chi connectivity index (χ0) is 6.69. The van der Waals surface area contributed by atoms with Crippen LogP contribution in [0.15, 0.2) is 0 Å². The molecule has 0 saturated heterocycles. The van der Waals surface area contributed by atoms with Crippen molar-refractivity contribution in [3.63, 3.8) is 0 Å². The van der Waals surface area contributed by atoms with E-state index in [0.29, 0.717) is 6.10 Å². The van der Waals surface area contributed by atoms with Gasteiger partial charge >= 0.3 is 0 Å². The van der Waals surface area contributed by atoms with Gasteiger partial charge in [0.1, 0.15) is 6.10 Å². The minimum atomic E-state index is -0.324.